The van der Waals surface area contributed by atoms with Crippen molar-refractivity contribution in [2.45, 2.75) is 26.7 Å². The molecule has 1 amide bonds. The van der Waals surface area contributed by atoms with Gasteiger partial charge in [-0.25, -0.2) is 10.1 Å². The lowest BCUT2D eigenvalue weighted by Gasteiger charge is -2.21. The predicted octanol–water partition coefficient (Wildman–Crippen LogP) is 1.39. The number of amidine groups is 1. The molecule has 1 aromatic rings. The van der Waals surface area contributed by atoms with Crippen molar-refractivity contribution in [2.75, 3.05) is 13.2 Å². The number of rotatable bonds is 5. The topological polar surface area (TPSA) is 85.7 Å². The molecule has 0 aliphatic carbocycles. The number of fused-ring (bicyclic) bond motifs is 1. The molecule has 7 heteroatoms. The number of hydrogen-bond acceptors (Lipinski definition) is 5. The van der Waals surface area contributed by atoms with Crippen LogP contribution in [-0.4, -0.2) is 39.7 Å². The van der Waals surface area contributed by atoms with E-state index in [4.69, 9.17) is 10.6 Å². The third-order valence-corrected chi connectivity index (χ3v) is 3.00. The maximum atomic E-state index is 12.6. The summed E-state index contributed by atoms with van der Waals surface area (Å²) < 4.78 is 1.65. The maximum absolute atomic E-state index is 12.6. The van der Waals surface area contributed by atoms with Crippen LogP contribution in [0.15, 0.2) is 16.8 Å². The number of hydroxylamine groups is 2. The Morgan fingerprint density at radius 2 is 2.29 bits per heavy atom. The second-order valence-corrected chi connectivity index (χ2v) is 4.85. The third kappa shape index (κ3) is 3.49. The van der Waals surface area contributed by atoms with Gasteiger partial charge in [-0.15, -0.1) is 0 Å². The highest BCUT2D eigenvalue weighted by atomic mass is 16.7. The van der Waals surface area contributed by atoms with E-state index in [0.717, 1.165) is 6.42 Å². The van der Waals surface area contributed by atoms with Crippen LogP contribution in [0.4, 0.5) is 5.69 Å². The van der Waals surface area contributed by atoms with E-state index in [1.165, 1.54) is 5.06 Å². The van der Waals surface area contributed by atoms with Gasteiger partial charge >= 0.3 is 0 Å². The minimum absolute atomic E-state index is 0.185. The standard InChI is InChI=1S/C14H21N5O2/c1-4-6-19(21-5-2)14(20)10-7-11-12(9-18(3)17-11)16-13(15)8-10/h7,9H,4-6,8H2,1-3H3,(H2,15,16). The van der Waals surface area contributed by atoms with Crippen molar-refractivity contribution >= 4 is 23.5 Å². The molecule has 0 unspecified atom stereocenters. The number of carbonyl (C=O) groups is 1. The molecule has 7 nitrogen and oxygen atoms in total. The number of aromatic nitrogens is 2. The lowest BCUT2D eigenvalue weighted by Crippen LogP contribution is -2.34. The second-order valence-electron chi connectivity index (χ2n) is 4.85. The summed E-state index contributed by atoms with van der Waals surface area (Å²) in [4.78, 5) is 22.3. The number of carbonyl (C=O) groups excluding carboxylic acids is 1. The number of amides is 1. The zero-order chi connectivity index (χ0) is 15.4. The molecule has 0 bridgehead atoms. The van der Waals surface area contributed by atoms with Crippen LogP contribution < -0.4 is 5.73 Å². The largest absolute Gasteiger partial charge is 0.387 e. The van der Waals surface area contributed by atoms with Gasteiger partial charge < -0.3 is 5.73 Å². The van der Waals surface area contributed by atoms with Gasteiger partial charge in [-0.1, -0.05) is 6.92 Å². The third-order valence-electron chi connectivity index (χ3n) is 3.00. The molecular formula is C14H21N5O2. The lowest BCUT2D eigenvalue weighted by molar-refractivity contribution is -0.180. The van der Waals surface area contributed by atoms with Crippen molar-refractivity contribution in [3.8, 4) is 0 Å². The van der Waals surface area contributed by atoms with Gasteiger partial charge in [-0.2, -0.15) is 5.10 Å². The predicted molar refractivity (Wildman–Crippen MR) is 80.7 cm³/mol. The molecule has 0 spiro atoms. The Hall–Kier alpha value is -2.15. The normalized spacial score (nSPS) is 14.0. The molecule has 2 heterocycles. The van der Waals surface area contributed by atoms with Gasteiger partial charge in [0.15, 0.2) is 0 Å². The molecular weight excluding hydrogens is 270 g/mol. The van der Waals surface area contributed by atoms with Gasteiger partial charge in [0.1, 0.15) is 17.2 Å². The van der Waals surface area contributed by atoms with E-state index in [0.29, 0.717) is 42.4 Å². The minimum Gasteiger partial charge on any atom is -0.387 e. The maximum Gasteiger partial charge on any atom is 0.273 e. The fourth-order valence-corrected chi connectivity index (χ4v) is 2.17. The van der Waals surface area contributed by atoms with Crippen molar-refractivity contribution in [1.29, 1.82) is 0 Å². The number of aryl methyl sites for hydroxylation is 1. The van der Waals surface area contributed by atoms with Crippen LogP contribution in [0.1, 0.15) is 32.4 Å². The highest BCUT2D eigenvalue weighted by Crippen LogP contribution is 2.25. The van der Waals surface area contributed by atoms with Gasteiger partial charge in [0.05, 0.1) is 12.8 Å². The molecule has 0 saturated heterocycles. The first-order valence-electron chi connectivity index (χ1n) is 7.07. The summed E-state index contributed by atoms with van der Waals surface area (Å²) in [6, 6.07) is 0. The summed E-state index contributed by atoms with van der Waals surface area (Å²) in [6.07, 6.45) is 4.63. The second kappa shape index (κ2) is 6.53. The quantitative estimate of drug-likeness (QED) is 0.831. The minimum atomic E-state index is -0.185. The van der Waals surface area contributed by atoms with Gasteiger partial charge in [0.2, 0.25) is 0 Å². The number of hydrogen-bond donors (Lipinski definition) is 1. The molecule has 21 heavy (non-hydrogen) atoms. The molecule has 0 fully saturated rings. The van der Waals surface area contributed by atoms with Gasteiger partial charge in [-0.05, 0) is 19.4 Å². The summed E-state index contributed by atoms with van der Waals surface area (Å²) >= 11 is 0. The Morgan fingerprint density at radius 1 is 1.52 bits per heavy atom. The monoisotopic (exact) mass is 291 g/mol. The Bertz CT molecular complexity index is 582. The molecule has 2 N–H and O–H groups in total. The van der Waals surface area contributed by atoms with E-state index in [1.54, 1.807) is 24.0 Å². The zero-order valence-corrected chi connectivity index (χ0v) is 12.7. The molecule has 1 aromatic heterocycles. The summed E-state index contributed by atoms with van der Waals surface area (Å²) in [7, 11) is 1.80. The highest BCUT2D eigenvalue weighted by Gasteiger charge is 2.22. The van der Waals surface area contributed by atoms with E-state index in [9.17, 15) is 4.79 Å². The first-order chi connectivity index (χ1) is 10.0. The fraction of sp³-hybridized carbons (Fsp3) is 0.500. The number of nitrogens with zero attached hydrogens (tertiary/aromatic N) is 4. The SMILES string of the molecule is CCCN(OCC)C(=O)C1=Cc2nn(C)cc2N=C(N)C1. The molecule has 1 aliphatic heterocycles. The van der Waals surface area contributed by atoms with Crippen LogP contribution in [0.25, 0.3) is 6.08 Å². The summed E-state index contributed by atoms with van der Waals surface area (Å²) in [5, 5.41) is 5.68. The van der Waals surface area contributed by atoms with Crippen LogP contribution >= 0.6 is 0 Å². The van der Waals surface area contributed by atoms with E-state index < -0.39 is 0 Å². The van der Waals surface area contributed by atoms with Crippen LogP contribution in [0.2, 0.25) is 0 Å². The van der Waals surface area contributed by atoms with Gasteiger partial charge in [0.25, 0.3) is 5.91 Å². The molecule has 0 radical (unpaired) electrons. The van der Waals surface area contributed by atoms with Crippen molar-refractivity contribution in [1.82, 2.24) is 14.8 Å². The van der Waals surface area contributed by atoms with Crippen LogP contribution in [-0.2, 0) is 16.7 Å². The van der Waals surface area contributed by atoms with Crippen LogP contribution in [0.5, 0.6) is 0 Å². The highest BCUT2D eigenvalue weighted by molar-refractivity contribution is 6.04. The average Bonchev–Trinajstić information content (AvgIpc) is 2.68. The van der Waals surface area contributed by atoms with Crippen molar-refractivity contribution < 1.29 is 9.63 Å². The lowest BCUT2D eigenvalue weighted by atomic mass is 10.1. The Kier molecular flexibility index (Phi) is 4.74. The summed E-state index contributed by atoms with van der Waals surface area (Å²) in [6.45, 7) is 4.82. The molecule has 0 saturated carbocycles. The Balaban J connectivity index is 2.32. The van der Waals surface area contributed by atoms with E-state index in [2.05, 4.69) is 10.1 Å². The summed E-state index contributed by atoms with van der Waals surface area (Å²) in [5.74, 6) is 0.213. The number of aliphatic imine (C=N–C) groups is 1. The fourth-order valence-electron chi connectivity index (χ4n) is 2.17. The first kappa shape index (κ1) is 15.2. The van der Waals surface area contributed by atoms with E-state index in [-0.39, 0.29) is 5.91 Å². The van der Waals surface area contributed by atoms with E-state index >= 15 is 0 Å². The zero-order valence-electron chi connectivity index (χ0n) is 12.7. The summed E-state index contributed by atoms with van der Waals surface area (Å²) in [5.41, 5.74) is 7.76. The smallest absolute Gasteiger partial charge is 0.273 e. The van der Waals surface area contributed by atoms with Crippen LogP contribution in [0.3, 0.4) is 0 Å². The first-order valence-corrected chi connectivity index (χ1v) is 7.07. The van der Waals surface area contributed by atoms with Crippen molar-refractivity contribution in [3.05, 3.63) is 17.5 Å². The Morgan fingerprint density at radius 3 is 2.95 bits per heavy atom. The molecule has 0 aromatic carbocycles. The molecule has 2 rings (SSSR count). The van der Waals surface area contributed by atoms with Crippen LogP contribution in [0, 0.1) is 0 Å². The average molecular weight is 291 g/mol. The van der Waals surface area contributed by atoms with Gasteiger partial charge in [-0.3, -0.25) is 14.3 Å². The Labute approximate surface area is 124 Å². The van der Waals surface area contributed by atoms with Gasteiger partial charge in [0, 0.05) is 25.6 Å². The molecule has 114 valence electrons. The van der Waals surface area contributed by atoms with E-state index in [1.807, 2.05) is 13.8 Å². The van der Waals surface area contributed by atoms with Crippen molar-refractivity contribution in [2.24, 2.45) is 17.8 Å². The van der Waals surface area contributed by atoms with Crippen molar-refractivity contribution in [3.63, 3.8) is 0 Å². The number of nitrogens with two attached hydrogens (primary N) is 1. The molecule has 0 atom stereocenters. The molecule has 1 aliphatic rings.